The summed E-state index contributed by atoms with van der Waals surface area (Å²) in [5.41, 5.74) is 3.73. The van der Waals surface area contributed by atoms with Crippen LogP contribution in [0.3, 0.4) is 0 Å². The van der Waals surface area contributed by atoms with Gasteiger partial charge in [-0.05, 0) is 41.8 Å². The molecule has 0 amide bonds. The molecule has 3 rings (SSSR count). The first-order chi connectivity index (χ1) is 10.7. The summed E-state index contributed by atoms with van der Waals surface area (Å²) in [6, 6.07) is 13.0. The molecular formula is C17H18N2O3. The van der Waals surface area contributed by atoms with Crippen molar-refractivity contribution in [2.24, 2.45) is 0 Å². The maximum Gasteiger partial charge on any atom is 0.269 e. The highest BCUT2D eigenvalue weighted by molar-refractivity contribution is 5.45. The van der Waals surface area contributed by atoms with E-state index in [1.165, 1.54) is 11.1 Å². The first kappa shape index (κ1) is 14.5. The molecular weight excluding hydrogens is 280 g/mol. The topological polar surface area (TPSA) is 64.4 Å². The number of rotatable bonds is 3. The summed E-state index contributed by atoms with van der Waals surface area (Å²) in [7, 11) is 1.66. The molecule has 0 fully saturated rings. The molecule has 0 unspecified atom stereocenters. The van der Waals surface area contributed by atoms with Crippen molar-refractivity contribution in [3.63, 3.8) is 0 Å². The van der Waals surface area contributed by atoms with E-state index in [1.54, 1.807) is 19.2 Å². The molecule has 1 N–H and O–H groups in total. The molecule has 0 saturated carbocycles. The fourth-order valence-corrected chi connectivity index (χ4v) is 2.96. The van der Waals surface area contributed by atoms with Gasteiger partial charge in [-0.3, -0.25) is 10.1 Å². The molecule has 2 aromatic rings. The van der Waals surface area contributed by atoms with Gasteiger partial charge in [0.15, 0.2) is 0 Å². The van der Waals surface area contributed by atoms with E-state index in [1.807, 2.05) is 18.2 Å². The maximum absolute atomic E-state index is 10.8. The molecule has 0 aromatic heterocycles. The van der Waals surface area contributed by atoms with Crippen molar-refractivity contribution in [2.75, 3.05) is 20.2 Å². The Labute approximate surface area is 129 Å². The number of nitrogens with one attached hydrogen (secondary N) is 1. The standard InChI is InChI=1S/C17H18N2O3/c1-22-15-7-4-13-8-9-18-11-17(16(13)10-15)12-2-5-14(6-3-12)19(20)21/h2-7,10,17-18H,8-9,11H2,1H3/t17-/m0/s1. The number of hydrogen-bond donors (Lipinski definition) is 1. The largest absolute Gasteiger partial charge is 0.497 e. The van der Waals surface area contributed by atoms with Crippen LogP contribution < -0.4 is 10.1 Å². The zero-order chi connectivity index (χ0) is 15.5. The molecule has 114 valence electrons. The maximum atomic E-state index is 10.8. The summed E-state index contributed by atoms with van der Waals surface area (Å²) < 4.78 is 5.35. The van der Waals surface area contributed by atoms with Crippen molar-refractivity contribution < 1.29 is 9.66 Å². The molecule has 1 atom stereocenters. The normalized spacial score (nSPS) is 17.4. The van der Waals surface area contributed by atoms with Crippen LogP contribution in [-0.4, -0.2) is 25.1 Å². The number of nitro groups is 1. The Morgan fingerprint density at radius 1 is 1.23 bits per heavy atom. The first-order valence-electron chi connectivity index (χ1n) is 7.31. The van der Waals surface area contributed by atoms with E-state index in [-0.39, 0.29) is 16.5 Å². The fraction of sp³-hybridized carbons (Fsp3) is 0.294. The number of fused-ring (bicyclic) bond motifs is 1. The van der Waals surface area contributed by atoms with Gasteiger partial charge in [0, 0.05) is 24.6 Å². The summed E-state index contributed by atoms with van der Waals surface area (Å²) in [6.07, 6.45) is 0.975. The zero-order valence-corrected chi connectivity index (χ0v) is 12.4. The Hall–Kier alpha value is -2.40. The predicted octanol–water partition coefficient (Wildman–Crippen LogP) is 2.88. The Balaban J connectivity index is 2.01. The van der Waals surface area contributed by atoms with E-state index in [9.17, 15) is 10.1 Å². The van der Waals surface area contributed by atoms with Crippen LogP contribution in [0.4, 0.5) is 5.69 Å². The molecule has 0 aliphatic carbocycles. The number of ether oxygens (including phenoxy) is 1. The van der Waals surface area contributed by atoms with E-state index < -0.39 is 0 Å². The Morgan fingerprint density at radius 2 is 2.00 bits per heavy atom. The van der Waals surface area contributed by atoms with Crippen molar-refractivity contribution in [1.29, 1.82) is 0 Å². The van der Waals surface area contributed by atoms with Crippen molar-refractivity contribution in [2.45, 2.75) is 12.3 Å². The summed E-state index contributed by atoms with van der Waals surface area (Å²) in [5.74, 6) is 1.01. The number of hydrogen-bond acceptors (Lipinski definition) is 4. The molecule has 1 aliphatic rings. The quantitative estimate of drug-likeness (QED) is 0.699. The number of benzene rings is 2. The monoisotopic (exact) mass is 298 g/mol. The van der Waals surface area contributed by atoms with Crippen molar-refractivity contribution in [1.82, 2.24) is 5.32 Å². The summed E-state index contributed by atoms with van der Waals surface area (Å²) in [6.45, 7) is 1.75. The lowest BCUT2D eigenvalue weighted by molar-refractivity contribution is -0.384. The van der Waals surface area contributed by atoms with E-state index >= 15 is 0 Å². The molecule has 22 heavy (non-hydrogen) atoms. The lowest BCUT2D eigenvalue weighted by atomic mass is 9.88. The van der Waals surface area contributed by atoms with Crippen LogP contribution in [-0.2, 0) is 6.42 Å². The van der Waals surface area contributed by atoms with Crippen LogP contribution in [0.1, 0.15) is 22.6 Å². The Kier molecular flexibility index (Phi) is 4.06. The van der Waals surface area contributed by atoms with Gasteiger partial charge in [0.2, 0.25) is 0 Å². The van der Waals surface area contributed by atoms with Gasteiger partial charge in [0.25, 0.3) is 5.69 Å². The van der Waals surface area contributed by atoms with Crippen LogP contribution in [0.15, 0.2) is 42.5 Å². The molecule has 1 heterocycles. The second-order valence-corrected chi connectivity index (χ2v) is 5.42. The summed E-state index contributed by atoms with van der Waals surface area (Å²) in [5, 5.41) is 14.2. The van der Waals surface area contributed by atoms with Gasteiger partial charge in [-0.1, -0.05) is 18.2 Å². The number of methoxy groups -OCH3 is 1. The van der Waals surface area contributed by atoms with Crippen molar-refractivity contribution in [3.05, 3.63) is 69.3 Å². The van der Waals surface area contributed by atoms with Crippen LogP contribution in [0.25, 0.3) is 0 Å². The van der Waals surface area contributed by atoms with Gasteiger partial charge in [-0.15, -0.1) is 0 Å². The van der Waals surface area contributed by atoms with E-state index in [0.717, 1.165) is 30.8 Å². The van der Waals surface area contributed by atoms with Gasteiger partial charge in [-0.2, -0.15) is 0 Å². The molecule has 0 bridgehead atoms. The molecule has 0 radical (unpaired) electrons. The van der Waals surface area contributed by atoms with Crippen molar-refractivity contribution >= 4 is 5.69 Å². The Bertz CT molecular complexity index is 683. The predicted molar refractivity (Wildman–Crippen MR) is 84.5 cm³/mol. The SMILES string of the molecule is COc1ccc2c(c1)[C@H](c1ccc([N+](=O)[O-])cc1)CNCC2. The fourth-order valence-electron chi connectivity index (χ4n) is 2.96. The summed E-state index contributed by atoms with van der Waals surface area (Å²) in [4.78, 5) is 10.4. The average Bonchev–Trinajstić information content (AvgIpc) is 2.76. The third kappa shape index (κ3) is 2.80. The molecule has 5 heteroatoms. The summed E-state index contributed by atoms with van der Waals surface area (Å²) >= 11 is 0. The minimum absolute atomic E-state index is 0.121. The van der Waals surface area contributed by atoms with Gasteiger partial charge in [0.1, 0.15) is 5.75 Å². The molecule has 5 nitrogen and oxygen atoms in total. The van der Waals surface area contributed by atoms with Crippen LogP contribution >= 0.6 is 0 Å². The van der Waals surface area contributed by atoms with Gasteiger partial charge >= 0.3 is 0 Å². The highest BCUT2D eigenvalue weighted by Gasteiger charge is 2.21. The van der Waals surface area contributed by atoms with E-state index in [2.05, 4.69) is 17.4 Å². The van der Waals surface area contributed by atoms with Gasteiger partial charge < -0.3 is 10.1 Å². The third-order valence-corrected chi connectivity index (χ3v) is 4.15. The van der Waals surface area contributed by atoms with Gasteiger partial charge in [-0.25, -0.2) is 0 Å². The smallest absolute Gasteiger partial charge is 0.269 e. The number of nitro benzene ring substituents is 1. The first-order valence-corrected chi connectivity index (χ1v) is 7.31. The van der Waals surface area contributed by atoms with Crippen LogP contribution in [0.5, 0.6) is 5.75 Å². The van der Waals surface area contributed by atoms with Crippen LogP contribution in [0.2, 0.25) is 0 Å². The number of nitrogens with zero attached hydrogens (tertiary/aromatic N) is 1. The highest BCUT2D eigenvalue weighted by Crippen LogP contribution is 2.32. The van der Waals surface area contributed by atoms with E-state index in [0.29, 0.717) is 0 Å². The lowest BCUT2D eigenvalue weighted by Crippen LogP contribution is -2.20. The van der Waals surface area contributed by atoms with Gasteiger partial charge in [0.05, 0.1) is 12.0 Å². The molecule has 0 saturated heterocycles. The van der Waals surface area contributed by atoms with Crippen molar-refractivity contribution in [3.8, 4) is 5.75 Å². The Morgan fingerprint density at radius 3 is 2.68 bits per heavy atom. The second kappa shape index (κ2) is 6.15. The van der Waals surface area contributed by atoms with E-state index in [4.69, 9.17) is 4.74 Å². The lowest BCUT2D eigenvalue weighted by Gasteiger charge is -2.19. The van der Waals surface area contributed by atoms with Crippen LogP contribution in [0, 0.1) is 10.1 Å². The minimum atomic E-state index is -0.369. The minimum Gasteiger partial charge on any atom is -0.497 e. The zero-order valence-electron chi connectivity index (χ0n) is 12.4. The molecule has 0 spiro atoms. The average molecular weight is 298 g/mol. The molecule has 1 aliphatic heterocycles. The number of non-ortho nitro benzene ring substituents is 1. The third-order valence-electron chi connectivity index (χ3n) is 4.15. The molecule has 2 aromatic carbocycles. The second-order valence-electron chi connectivity index (χ2n) is 5.42. The highest BCUT2D eigenvalue weighted by atomic mass is 16.6.